The van der Waals surface area contributed by atoms with Crippen LogP contribution < -0.4 is 10.9 Å². The van der Waals surface area contributed by atoms with Gasteiger partial charge in [-0.1, -0.05) is 12.1 Å². The minimum Gasteiger partial charge on any atom is -0.481 e. The predicted molar refractivity (Wildman–Crippen MR) is 137 cm³/mol. The first kappa shape index (κ1) is 25.8. The van der Waals surface area contributed by atoms with Crippen LogP contribution in [0.2, 0.25) is 0 Å². The van der Waals surface area contributed by atoms with Gasteiger partial charge in [-0.15, -0.1) is 0 Å². The molecule has 0 aliphatic heterocycles. The summed E-state index contributed by atoms with van der Waals surface area (Å²) in [7, 11) is 0. The number of carboxylic acid groups (broad SMARTS) is 1. The summed E-state index contributed by atoms with van der Waals surface area (Å²) in [5, 5.41) is 12.8. The molecule has 0 aliphatic rings. The maximum Gasteiger partial charge on any atom is 0.303 e. The Morgan fingerprint density at radius 2 is 1.57 bits per heavy atom. The molecule has 0 bridgehead atoms. The molecule has 0 aliphatic carbocycles. The van der Waals surface area contributed by atoms with Crippen LogP contribution in [0.5, 0.6) is 0 Å². The van der Waals surface area contributed by atoms with E-state index >= 15 is 0 Å². The molecular weight excluding hydrogens is 478 g/mol. The number of nitrogens with zero attached hydrogens (tertiary/aromatic N) is 1. The van der Waals surface area contributed by atoms with Gasteiger partial charge in [0.15, 0.2) is 0 Å². The van der Waals surface area contributed by atoms with Crippen LogP contribution >= 0.6 is 0 Å². The SMILES string of the molecule is CC(NC(=O)c1ccc2c(=O)n(-c3ccc(F)cc3)c(CCCCC(=O)O)cc2c1)c1ccc(F)cc1. The lowest BCUT2D eigenvalue weighted by Crippen LogP contribution is -2.27. The number of nitrogens with one attached hydrogen (secondary N) is 1. The molecule has 0 saturated carbocycles. The molecule has 1 atom stereocenters. The number of aryl methyl sites for hydroxylation is 1. The van der Waals surface area contributed by atoms with Gasteiger partial charge in [0.05, 0.1) is 6.04 Å². The lowest BCUT2D eigenvalue weighted by Gasteiger charge is -2.16. The van der Waals surface area contributed by atoms with E-state index < -0.39 is 11.8 Å². The first-order chi connectivity index (χ1) is 17.7. The summed E-state index contributed by atoms with van der Waals surface area (Å²) in [5.41, 5.74) is 1.92. The van der Waals surface area contributed by atoms with Gasteiger partial charge in [0.1, 0.15) is 11.6 Å². The van der Waals surface area contributed by atoms with Crippen molar-refractivity contribution in [1.29, 1.82) is 0 Å². The summed E-state index contributed by atoms with van der Waals surface area (Å²) >= 11 is 0. The zero-order valence-corrected chi connectivity index (χ0v) is 20.2. The van der Waals surface area contributed by atoms with Crippen molar-refractivity contribution in [2.45, 2.75) is 38.6 Å². The lowest BCUT2D eigenvalue weighted by molar-refractivity contribution is -0.137. The Bertz CT molecular complexity index is 1500. The molecule has 0 radical (unpaired) electrons. The van der Waals surface area contributed by atoms with Gasteiger partial charge < -0.3 is 10.4 Å². The van der Waals surface area contributed by atoms with Gasteiger partial charge >= 0.3 is 5.97 Å². The van der Waals surface area contributed by atoms with Crippen LogP contribution in [0.25, 0.3) is 16.5 Å². The van der Waals surface area contributed by atoms with E-state index in [0.29, 0.717) is 47.0 Å². The maximum absolute atomic E-state index is 13.5. The first-order valence-electron chi connectivity index (χ1n) is 12.0. The van der Waals surface area contributed by atoms with Crippen molar-refractivity contribution in [2.24, 2.45) is 0 Å². The van der Waals surface area contributed by atoms with E-state index in [4.69, 9.17) is 5.11 Å². The highest BCUT2D eigenvalue weighted by molar-refractivity contribution is 5.98. The van der Waals surface area contributed by atoms with Crippen molar-refractivity contribution in [1.82, 2.24) is 9.88 Å². The molecule has 0 fully saturated rings. The fourth-order valence-corrected chi connectivity index (χ4v) is 4.27. The number of unbranched alkanes of at least 4 members (excludes halogenated alkanes) is 1. The zero-order valence-electron chi connectivity index (χ0n) is 20.2. The molecule has 3 aromatic carbocycles. The number of fused-ring (bicyclic) bond motifs is 1. The monoisotopic (exact) mass is 504 g/mol. The number of hydrogen-bond donors (Lipinski definition) is 2. The van der Waals surface area contributed by atoms with Crippen LogP contribution in [0.15, 0.2) is 77.6 Å². The van der Waals surface area contributed by atoms with Crippen LogP contribution in [0.1, 0.15) is 53.8 Å². The molecular formula is C29H26F2N2O4. The third kappa shape index (κ3) is 6.09. The number of aromatic nitrogens is 1. The van der Waals surface area contributed by atoms with Crippen molar-refractivity contribution in [2.75, 3.05) is 0 Å². The van der Waals surface area contributed by atoms with Gasteiger partial charge in [-0.25, -0.2) is 8.78 Å². The van der Waals surface area contributed by atoms with E-state index in [-0.39, 0.29) is 29.7 Å². The number of benzene rings is 3. The van der Waals surface area contributed by atoms with Gasteiger partial charge in [0.25, 0.3) is 11.5 Å². The molecule has 0 saturated heterocycles. The second-order valence-electron chi connectivity index (χ2n) is 8.90. The Labute approximate surface area is 212 Å². The second-order valence-corrected chi connectivity index (χ2v) is 8.90. The largest absolute Gasteiger partial charge is 0.481 e. The molecule has 2 N–H and O–H groups in total. The molecule has 6 nitrogen and oxygen atoms in total. The number of halogens is 2. The molecule has 8 heteroatoms. The summed E-state index contributed by atoms with van der Waals surface area (Å²) in [5.74, 6) is -2.02. The summed E-state index contributed by atoms with van der Waals surface area (Å²) in [6.45, 7) is 1.79. The predicted octanol–water partition coefficient (Wildman–Crippen LogP) is 5.56. The number of carbonyl (C=O) groups excluding carboxylic acids is 1. The van der Waals surface area contributed by atoms with Crippen LogP contribution in [0.4, 0.5) is 8.78 Å². The number of pyridine rings is 1. The molecule has 190 valence electrons. The Morgan fingerprint density at radius 1 is 0.919 bits per heavy atom. The molecule has 4 rings (SSSR count). The minimum atomic E-state index is -0.889. The Hall–Kier alpha value is -4.33. The highest BCUT2D eigenvalue weighted by atomic mass is 19.1. The molecule has 1 amide bonds. The average Bonchev–Trinajstić information content (AvgIpc) is 2.87. The summed E-state index contributed by atoms with van der Waals surface area (Å²) in [6, 6.07) is 17.7. The second kappa shape index (κ2) is 11.2. The third-order valence-electron chi connectivity index (χ3n) is 6.23. The van der Waals surface area contributed by atoms with Crippen LogP contribution in [-0.4, -0.2) is 21.6 Å². The van der Waals surface area contributed by atoms with Crippen molar-refractivity contribution >= 4 is 22.6 Å². The summed E-state index contributed by atoms with van der Waals surface area (Å²) in [6.07, 6.45) is 1.42. The third-order valence-corrected chi connectivity index (χ3v) is 6.23. The number of amides is 1. The van der Waals surface area contributed by atoms with E-state index in [2.05, 4.69) is 5.32 Å². The zero-order chi connectivity index (χ0) is 26.5. The fourth-order valence-electron chi connectivity index (χ4n) is 4.27. The van der Waals surface area contributed by atoms with E-state index in [1.165, 1.54) is 41.0 Å². The molecule has 1 aromatic heterocycles. The van der Waals surface area contributed by atoms with E-state index in [1.807, 2.05) is 0 Å². The van der Waals surface area contributed by atoms with Gasteiger partial charge in [-0.05, 0) is 97.8 Å². The van der Waals surface area contributed by atoms with Crippen molar-refractivity contribution in [3.63, 3.8) is 0 Å². The number of hydrogen-bond acceptors (Lipinski definition) is 3. The quantitative estimate of drug-likeness (QED) is 0.292. The average molecular weight is 505 g/mol. The highest BCUT2D eigenvalue weighted by Crippen LogP contribution is 2.21. The smallest absolute Gasteiger partial charge is 0.303 e. The molecule has 37 heavy (non-hydrogen) atoms. The van der Waals surface area contributed by atoms with Crippen molar-refractivity contribution in [3.05, 3.63) is 112 Å². The minimum absolute atomic E-state index is 0.0188. The first-order valence-corrected chi connectivity index (χ1v) is 12.0. The standard InChI is InChI=1S/C29H26F2N2O4/c1-18(19-6-9-22(30)10-7-19)32-28(36)20-8-15-26-21(16-20)17-25(4-2-3-5-27(34)35)33(29(26)37)24-13-11-23(31)12-14-24/h6-18H,2-5H2,1H3,(H,32,36)(H,34,35). The Kier molecular flexibility index (Phi) is 7.77. The maximum atomic E-state index is 13.5. The summed E-state index contributed by atoms with van der Waals surface area (Å²) < 4.78 is 28.2. The number of aliphatic carboxylic acids is 1. The molecule has 1 unspecified atom stereocenters. The molecule has 1 heterocycles. The molecule has 0 spiro atoms. The topological polar surface area (TPSA) is 88.4 Å². The van der Waals surface area contributed by atoms with Crippen molar-refractivity contribution < 1.29 is 23.5 Å². The summed E-state index contributed by atoms with van der Waals surface area (Å²) in [4.78, 5) is 37.3. The van der Waals surface area contributed by atoms with E-state index in [9.17, 15) is 23.2 Å². The highest BCUT2D eigenvalue weighted by Gasteiger charge is 2.16. The Balaban J connectivity index is 1.68. The van der Waals surface area contributed by atoms with Crippen molar-refractivity contribution in [3.8, 4) is 5.69 Å². The number of carbonyl (C=O) groups is 2. The Morgan fingerprint density at radius 3 is 2.22 bits per heavy atom. The van der Waals surface area contributed by atoms with Gasteiger partial charge in [-0.3, -0.25) is 19.0 Å². The normalized spacial score (nSPS) is 11.9. The van der Waals surface area contributed by atoms with Gasteiger partial charge in [-0.2, -0.15) is 0 Å². The number of rotatable bonds is 9. The van der Waals surface area contributed by atoms with Crippen LogP contribution in [0.3, 0.4) is 0 Å². The van der Waals surface area contributed by atoms with E-state index in [1.54, 1.807) is 43.3 Å². The molecule has 4 aromatic rings. The lowest BCUT2D eigenvalue weighted by atomic mass is 10.0. The van der Waals surface area contributed by atoms with Crippen LogP contribution in [-0.2, 0) is 11.2 Å². The van der Waals surface area contributed by atoms with Gasteiger partial charge in [0, 0.05) is 28.8 Å². The van der Waals surface area contributed by atoms with Gasteiger partial charge in [0.2, 0.25) is 0 Å². The van der Waals surface area contributed by atoms with E-state index in [0.717, 1.165) is 5.56 Å². The number of carboxylic acids is 1. The fraction of sp³-hybridized carbons (Fsp3) is 0.207. The van der Waals surface area contributed by atoms with Crippen LogP contribution in [0, 0.1) is 11.6 Å².